The first-order valence-electron chi connectivity index (χ1n) is 6.86. The van der Waals surface area contributed by atoms with Gasteiger partial charge >= 0.3 is 11.8 Å². The molecule has 24 heavy (non-hydrogen) atoms. The van der Waals surface area contributed by atoms with E-state index in [4.69, 9.17) is 20.8 Å². The van der Waals surface area contributed by atoms with Crippen LogP contribution in [-0.4, -0.2) is 0 Å². The van der Waals surface area contributed by atoms with Crippen LogP contribution in [0.4, 0.5) is 13.2 Å². The highest BCUT2D eigenvalue weighted by Gasteiger charge is 2.33. The van der Waals surface area contributed by atoms with Crippen molar-refractivity contribution in [2.75, 3.05) is 0 Å². The van der Waals surface area contributed by atoms with Crippen molar-refractivity contribution in [1.29, 1.82) is 0 Å². The van der Waals surface area contributed by atoms with Crippen molar-refractivity contribution in [2.24, 2.45) is 0 Å². The van der Waals surface area contributed by atoms with E-state index in [-0.39, 0.29) is 23.3 Å². The summed E-state index contributed by atoms with van der Waals surface area (Å²) in [5, 5.41) is 0.316. The van der Waals surface area contributed by atoms with E-state index in [1.54, 1.807) is 24.3 Å². The number of hydrogen-bond acceptors (Lipinski definition) is 3. The van der Waals surface area contributed by atoms with Crippen LogP contribution in [0.2, 0.25) is 5.02 Å². The van der Waals surface area contributed by atoms with Crippen LogP contribution >= 0.6 is 11.6 Å². The molecule has 0 N–H and O–H groups in total. The largest absolute Gasteiger partial charge is 0.489 e. The molecule has 124 valence electrons. The van der Waals surface area contributed by atoms with E-state index in [9.17, 15) is 18.0 Å². The second kappa shape index (κ2) is 6.20. The Morgan fingerprint density at radius 3 is 2.54 bits per heavy atom. The van der Waals surface area contributed by atoms with Crippen molar-refractivity contribution in [1.82, 2.24) is 0 Å². The third kappa shape index (κ3) is 3.38. The first-order chi connectivity index (χ1) is 11.3. The summed E-state index contributed by atoms with van der Waals surface area (Å²) in [6.07, 6.45) is -4.64. The van der Waals surface area contributed by atoms with Gasteiger partial charge in [0.25, 0.3) is 0 Å². The maximum absolute atomic E-state index is 13.0. The summed E-state index contributed by atoms with van der Waals surface area (Å²) in [6, 6.07) is 11.3. The second-order valence-electron chi connectivity index (χ2n) is 5.01. The molecule has 1 heterocycles. The van der Waals surface area contributed by atoms with Gasteiger partial charge in [-0.1, -0.05) is 29.8 Å². The van der Waals surface area contributed by atoms with Gasteiger partial charge in [-0.15, -0.1) is 0 Å². The summed E-state index contributed by atoms with van der Waals surface area (Å²) in [7, 11) is 0. The Kier molecular flexibility index (Phi) is 4.24. The first-order valence-corrected chi connectivity index (χ1v) is 7.24. The number of fused-ring (bicyclic) bond motifs is 1. The fourth-order valence-electron chi connectivity index (χ4n) is 2.24. The van der Waals surface area contributed by atoms with Gasteiger partial charge in [0.15, 0.2) is 0 Å². The molecule has 0 amide bonds. The summed E-state index contributed by atoms with van der Waals surface area (Å²) in [4.78, 5) is 11.4. The average Bonchev–Trinajstić information content (AvgIpc) is 2.52. The maximum Gasteiger partial charge on any atom is 0.417 e. The molecule has 0 aliphatic carbocycles. The van der Waals surface area contributed by atoms with Gasteiger partial charge in [0.2, 0.25) is 0 Å². The van der Waals surface area contributed by atoms with Crippen molar-refractivity contribution in [3.05, 3.63) is 75.1 Å². The lowest BCUT2D eigenvalue weighted by molar-refractivity contribution is -0.136. The number of benzene rings is 2. The van der Waals surface area contributed by atoms with E-state index in [2.05, 4.69) is 0 Å². The molecular formula is C17H10ClF3O3. The molecule has 0 unspecified atom stereocenters. The maximum atomic E-state index is 13.0. The van der Waals surface area contributed by atoms with Gasteiger partial charge in [0.05, 0.1) is 5.56 Å². The average molecular weight is 355 g/mol. The number of ether oxygens (including phenoxy) is 1. The fourth-order valence-corrected chi connectivity index (χ4v) is 2.43. The Bertz CT molecular complexity index is 948. The van der Waals surface area contributed by atoms with E-state index in [1.807, 2.05) is 0 Å². The molecular weight excluding hydrogens is 345 g/mol. The van der Waals surface area contributed by atoms with E-state index in [0.29, 0.717) is 11.1 Å². The molecule has 3 nitrogen and oxygen atoms in total. The van der Waals surface area contributed by atoms with Gasteiger partial charge < -0.3 is 9.15 Å². The molecule has 3 rings (SSSR count). The van der Waals surface area contributed by atoms with Crippen LogP contribution in [0.5, 0.6) is 5.75 Å². The third-order valence-corrected chi connectivity index (χ3v) is 3.74. The molecule has 0 radical (unpaired) electrons. The normalized spacial score (nSPS) is 11.7. The van der Waals surface area contributed by atoms with Crippen molar-refractivity contribution >= 4 is 22.6 Å². The zero-order valence-electron chi connectivity index (χ0n) is 12.1. The Morgan fingerprint density at radius 2 is 1.83 bits per heavy atom. The molecule has 0 aliphatic rings. The molecule has 7 heteroatoms. The molecule has 0 spiro atoms. The summed E-state index contributed by atoms with van der Waals surface area (Å²) >= 11 is 6.01. The minimum absolute atomic E-state index is 0.133. The lowest BCUT2D eigenvalue weighted by atomic mass is 10.1. The van der Waals surface area contributed by atoms with Gasteiger partial charge in [-0.25, -0.2) is 4.79 Å². The minimum atomic E-state index is -4.64. The predicted molar refractivity (Wildman–Crippen MR) is 83.3 cm³/mol. The molecule has 0 bridgehead atoms. The minimum Gasteiger partial charge on any atom is -0.489 e. The van der Waals surface area contributed by atoms with Crippen LogP contribution in [0, 0.1) is 0 Å². The standard InChI is InChI=1S/C17H10ClF3O3/c18-14-4-2-1-3-10(14)9-23-11-5-6-12-13(17(19,20)21)8-16(22)24-15(12)7-11/h1-8H,9H2. The van der Waals surface area contributed by atoms with E-state index in [1.165, 1.54) is 18.2 Å². The molecule has 0 saturated carbocycles. The molecule has 2 aromatic carbocycles. The second-order valence-corrected chi connectivity index (χ2v) is 5.42. The van der Waals surface area contributed by atoms with Gasteiger partial charge in [0, 0.05) is 28.1 Å². The Hall–Kier alpha value is -2.47. The monoisotopic (exact) mass is 354 g/mol. The fraction of sp³-hybridized carbons (Fsp3) is 0.118. The third-order valence-electron chi connectivity index (χ3n) is 3.37. The van der Waals surface area contributed by atoms with Crippen LogP contribution in [0.15, 0.2) is 57.7 Å². The number of rotatable bonds is 3. The smallest absolute Gasteiger partial charge is 0.417 e. The SMILES string of the molecule is O=c1cc(C(F)(F)F)c2ccc(OCc3ccccc3Cl)cc2o1. The zero-order chi connectivity index (χ0) is 17.3. The molecule has 0 saturated heterocycles. The Labute approximate surface area is 139 Å². The van der Waals surface area contributed by atoms with E-state index < -0.39 is 17.4 Å². The summed E-state index contributed by atoms with van der Waals surface area (Å²) in [5.41, 5.74) is -1.57. The Balaban J connectivity index is 1.95. The van der Waals surface area contributed by atoms with E-state index in [0.717, 1.165) is 5.56 Å². The lowest BCUT2D eigenvalue weighted by Crippen LogP contribution is -2.11. The molecule has 0 atom stereocenters. The molecule has 0 aliphatic heterocycles. The van der Waals surface area contributed by atoms with E-state index >= 15 is 0 Å². The first kappa shape index (κ1) is 16.4. The summed E-state index contributed by atoms with van der Waals surface area (Å²) in [6.45, 7) is 0.133. The highest BCUT2D eigenvalue weighted by molar-refractivity contribution is 6.31. The topological polar surface area (TPSA) is 39.4 Å². The van der Waals surface area contributed by atoms with Crippen LogP contribution in [-0.2, 0) is 12.8 Å². The van der Waals surface area contributed by atoms with Gasteiger partial charge in [0.1, 0.15) is 17.9 Å². The van der Waals surface area contributed by atoms with Gasteiger partial charge in [-0.2, -0.15) is 13.2 Å². The zero-order valence-corrected chi connectivity index (χ0v) is 12.8. The van der Waals surface area contributed by atoms with Crippen LogP contribution in [0.1, 0.15) is 11.1 Å². The summed E-state index contributed by atoms with van der Waals surface area (Å²) in [5.74, 6) is 0.268. The van der Waals surface area contributed by atoms with Gasteiger partial charge in [-0.05, 0) is 18.2 Å². The highest BCUT2D eigenvalue weighted by Crippen LogP contribution is 2.35. The van der Waals surface area contributed by atoms with Crippen LogP contribution in [0.25, 0.3) is 11.0 Å². The van der Waals surface area contributed by atoms with Crippen molar-refractivity contribution in [2.45, 2.75) is 12.8 Å². The van der Waals surface area contributed by atoms with Crippen LogP contribution < -0.4 is 10.4 Å². The number of hydrogen-bond donors (Lipinski definition) is 0. The summed E-state index contributed by atoms with van der Waals surface area (Å²) < 4.78 is 49.3. The van der Waals surface area contributed by atoms with Crippen molar-refractivity contribution in [3.63, 3.8) is 0 Å². The van der Waals surface area contributed by atoms with Gasteiger partial charge in [-0.3, -0.25) is 0 Å². The highest BCUT2D eigenvalue weighted by atomic mass is 35.5. The number of alkyl halides is 3. The number of halogens is 4. The van der Waals surface area contributed by atoms with Crippen LogP contribution in [0.3, 0.4) is 0 Å². The van der Waals surface area contributed by atoms with Crippen molar-refractivity contribution < 1.29 is 22.3 Å². The van der Waals surface area contributed by atoms with Crippen molar-refractivity contribution in [3.8, 4) is 5.75 Å². The molecule has 1 aromatic heterocycles. The predicted octanol–water partition coefficient (Wildman–Crippen LogP) is 5.04. The molecule has 0 fully saturated rings. The molecule has 3 aromatic rings. The quantitative estimate of drug-likeness (QED) is 0.618. The lowest BCUT2D eigenvalue weighted by Gasteiger charge is -2.11. The Morgan fingerprint density at radius 1 is 1.08 bits per heavy atom.